The van der Waals surface area contributed by atoms with E-state index >= 15 is 0 Å². The number of hydrogen-bond acceptors (Lipinski definition) is 4. The topological polar surface area (TPSA) is 78.0 Å². The average molecular weight is 444 g/mol. The van der Waals surface area contributed by atoms with Crippen molar-refractivity contribution in [1.29, 1.82) is 0 Å². The Balaban J connectivity index is 1.72. The minimum absolute atomic E-state index is 0.0499. The number of amides is 2. The molecule has 1 fully saturated rings. The third-order valence-corrected chi connectivity index (χ3v) is 7.63. The molecule has 0 saturated carbocycles. The van der Waals surface area contributed by atoms with Crippen LogP contribution in [0.25, 0.3) is 0 Å². The number of hydrogen-bond donors (Lipinski definition) is 0. The highest BCUT2D eigenvalue weighted by Gasteiger charge is 2.29. The number of aryl methyl sites for hydroxylation is 1. The molecule has 1 saturated heterocycles. The van der Waals surface area contributed by atoms with Crippen molar-refractivity contribution in [2.75, 3.05) is 32.7 Å². The zero-order valence-corrected chi connectivity index (χ0v) is 19.1. The van der Waals surface area contributed by atoms with Gasteiger partial charge in [0.15, 0.2) is 0 Å². The highest BCUT2D eigenvalue weighted by molar-refractivity contribution is 7.89. The highest BCUT2D eigenvalue weighted by Crippen LogP contribution is 2.20. The van der Waals surface area contributed by atoms with Crippen LogP contribution in [0.1, 0.15) is 35.3 Å². The molecule has 31 heavy (non-hydrogen) atoms. The Morgan fingerprint density at radius 3 is 2.13 bits per heavy atom. The second-order valence-corrected chi connectivity index (χ2v) is 9.62. The van der Waals surface area contributed by atoms with E-state index in [1.54, 1.807) is 21.9 Å². The summed E-state index contributed by atoms with van der Waals surface area (Å²) in [5, 5.41) is 0. The van der Waals surface area contributed by atoms with Crippen LogP contribution in [0.15, 0.2) is 53.4 Å². The first-order valence-corrected chi connectivity index (χ1v) is 11.9. The quantitative estimate of drug-likeness (QED) is 0.687. The molecule has 8 heteroatoms. The largest absolute Gasteiger partial charge is 0.340 e. The first kappa shape index (κ1) is 23.0. The van der Waals surface area contributed by atoms with Gasteiger partial charge in [-0.15, -0.1) is 0 Å². The molecule has 1 heterocycles. The predicted molar refractivity (Wildman–Crippen MR) is 119 cm³/mol. The van der Waals surface area contributed by atoms with Gasteiger partial charge >= 0.3 is 0 Å². The molecular formula is C23H29N3O4S. The first-order chi connectivity index (χ1) is 14.7. The fourth-order valence-electron chi connectivity index (χ4n) is 3.66. The molecule has 166 valence electrons. The molecule has 0 aromatic heterocycles. The standard InChI is InChI=1S/C23H29N3O4S/c1-4-24(17-21-8-6-5-7-18(21)2)23(28)20-9-11-22(12-10-20)31(29,30)26-15-13-25(14-16-26)19(3)27/h5-12H,4,13-17H2,1-3H3. The van der Waals surface area contributed by atoms with E-state index in [0.717, 1.165) is 11.1 Å². The van der Waals surface area contributed by atoms with Gasteiger partial charge in [0.05, 0.1) is 4.90 Å². The lowest BCUT2D eigenvalue weighted by atomic mass is 10.1. The van der Waals surface area contributed by atoms with Crippen molar-refractivity contribution in [3.05, 3.63) is 65.2 Å². The van der Waals surface area contributed by atoms with Crippen LogP contribution in [0.5, 0.6) is 0 Å². The normalized spacial score (nSPS) is 15.0. The van der Waals surface area contributed by atoms with Crippen molar-refractivity contribution in [1.82, 2.24) is 14.1 Å². The second-order valence-electron chi connectivity index (χ2n) is 7.68. The van der Waals surface area contributed by atoms with Crippen molar-refractivity contribution in [2.45, 2.75) is 32.2 Å². The van der Waals surface area contributed by atoms with Crippen LogP contribution in [0.3, 0.4) is 0 Å². The van der Waals surface area contributed by atoms with Gasteiger partial charge in [0.2, 0.25) is 15.9 Å². The molecule has 1 aliphatic heterocycles. The Morgan fingerprint density at radius 2 is 1.58 bits per heavy atom. The lowest BCUT2D eigenvalue weighted by Crippen LogP contribution is -2.49. The third-order valence-electron chi connectivity index (χ3n) is 5.71. The number of carbonyl (C=O) groups excluding carboxylic acids is 2. The Kier molecular flexibility index (Phi) is 7.12. The van der Waals surface area contributed by atoms with E-state index in [9.17, 15) is 18.0 Å². The Bertz CT molecular complexity index is 1040. The maximum absolute atomic E-state index is 13.0. The van der Waals surface area contributed by atoms with Crippen molar-refractivity contribution in [2.24, 2.45) is 0 Å². The minimum Gasteiger partial charge on any atom is -0.340 e. The molecule has 2 aromatic carbocycles. The number of carbonyl (C=O) groups is 2. The summed E-state index contributed by atoms with van der Waals surface area (Å²) in [5.41, 5.74) is 2.66. The third kappa shape index (κ3) is 5.14. The van der Waals surface area contributed by atoms with E-state index < -0.39 is 10.0 Å². The van der Waals surface area contributed by atoms with Crippen LogP contribution in [-0.4, -0.2) is 67.1 Å². The van der Waals surface area contributed by atoms with Crippen LogP contribution in [-0.2, 0) is 21.4 Å². The smallest absolute Gasteiger partial charge is 0.254 e. The van der Waals surface area contributed by atoms with Crippen LogP contribution in [0, 0.1) is 6.92 Å². The molecule has 0 unspecified atom stereocenters. The van der Waals surface area contributed by atoms with Gasteiger partial charge in [-0.25, -0.2) is 8.42 Å². The summed E-state index contributed by atoms with van der Waals surface area (Å²) in [6, 6.07) is 14.1. The van der Waals surface area contributed by atoms with Crippen molar-refractivity contribution in [3.63, 3.8) is 0 Å². The number of nitrogens with zero attached hydrogens (tertiary/aromatic N) is 3. The van der Waals surface area contributed by atoms with Crippen LogP contribution in [0.2, 0.25) is 0 Å². The number of benzene rings is 2. The lowest BCUT2D eigenvalue weighted by molar-refractivity contribution is -0.129. The van der Waals surface area contributed by atoms with E-state index in [1.165, 1.54) is 23.4 Å². The molecule has 0 atom stereocenters. The molecule has 0 spiro atoms. The summed E-state index contributed by atoms with van der Waals surface area (Å²) < 4.78 is 27.3. The summed E-state index contributed by atoms with van der Waals surface area (Å²) in [5.74, 6) is -0.184. The van der Waals surface area contributed by atoms with Gasteiger partial charge in [-0.2, -0.15) is 4.31 Å². The Hall–Kier alpha value is -2.71. The fourth-order valence-corrected chi connectivity index (χ4v) is 5.09. The maximum Gasteiger partial charge on any atom is 0.254 e. The summed E-state index contributed by atoms with van der Waals surface area (Å²) in [6.45, 7) is 7.78. The van der Waals surface area contributed by atoms with Gasteiger partial charge in [-0.05, 0) is 49.2 Å². The van der Waals surface area contributed by atoms with Crippen molar-refractivity contribution in [3.8, 4) is 0 Å². The monoisotopic (exact) mass is 443 g/mol. The molecular weight excluding hydrogens is 414 g/mol. The molecule has 0 aliphatic carbocycles. The van der Waals surface area contributed by atoms with E-state index in [4.69, 9.17) is 0 Å². The number of piperazine rings is 1. The summed E-state index contributed by atoms with van der Waals surface area (Å²) in [4.78, 5) is 28.0. The van der Waals surface area contributed by atoms with Crippen LogP contribution >= 0.6 is 0 Å². The van der Waals surface area contributed by atoms with Crippen LogP contribution in [0.4, 0.5) is 0 Å². The minimum atomic E-state index is -3.66. The van der Waals surface area contributed by atoms with E-state index in [2.05, 4.69) is 0 Å². The Labute approximate surface area is 184 Å². The fraction of sp³-hybridized carbons (Fsp3) is 0.391. The van der Waals surface area contributed by atoms with Gasteiger partial charge in [0, 0.05) is 51.8 Å². The number of sulfonamides is 1. The molecule has 7 nitrogen and oxygen atoms in total. The maximum atomic E-state index is 13.0. The molecule has 2 aromatic rings. The van der Waals surface area contributed by atoms with Crippen molar-refractivity contribution >= 4 is 21.8 Å². The Morgan fingerprint density at radius 1 is 0.968 bits per heavy atom. The van der Waals surface area contributed by atoms with Gasteiger partial charge in [-0.3, -0.25) is 9.59 Å². The SMILES string of the molecule is CCN(Cc1ccccc1C)C(=O)c1ccc(S(=O)(=O)N2CCN(C(C)=O)CC2)cc1. The van der Waals surface area contributed by atoms with Crippen molar-refractivity contribution < 1.29 is 18.0 Å². The lowest BCUT2D eigenvalue weighted by Gasteiger charge is -2.33. The van der Waals surface area contributed by atoms with E-state index in [1.807, 2.05) is 38.1 Å². The zero-order valence-electron chi connectivity index (χ0n) is 18.2. The molecule has 0 bridgehead atoms. The zero-order chi connectivity index (χ0) is 22.6. The van der Waals surface area contributed by atoms with E-state index in [0.29, 0.717) is 31.7 Å². The molecule has 0 radical (unpaired) electrons. The van der Waals surface area contributed by atoms with Gasteiger partial charge < -0.3 is 9.80 Å². The molecule has 1 aliphatic rings. The van der Waals surface area contributed by atoms with E-state index in [-0.39, 0.29) is 29.8 Å². The van der Waals surface area contributed by atoms with Gasteiger partial charge in [0.1, 0.15) is 0 Å². The molecule has 2 amide bonds. The molecule has 0 N–H and O–H groups in total. The molecule has 3 rings (SSSR count). The first-order valence-electron chi connectivity index (χ1n) is 10.4. The van der Waals surface area contributed by atoms with Crippen LogP contribution < -0.4 is 0 Å². The van der Waals surface area contributed by atoms with Gasteiger partial charge in [-0.1, -0.05) is 24.3 Å². The highest BCUT2D eigenvalue weighted by atomic mass is 32.2. The average Bonchev–Trinajstić information content (AvgIpc) is 2.78. The summed E-state index contributed by atoms with van der Waals surface area (Å²) >= 11 is 0. The summed E-state index contributed by atoms with van der Waals surface area (Å²) in [7, 11) is -3.66. The summed E-state index contributed by atoms with van der Waals surface area (Å²) in [6.07, 6.45) is 0. The second kappa shape index (κ2) is 9.62. The van der Waals surface area contributed by atoms with Gasteiger partial charge in [0.25, 0.3) is 5.91 Å². The predicted octanol–water partition coefficient (Wildman–Crippen LogP) is 2.51. The number of rotatable bonds is 6.